The van der Waals surface area contributed by atoms with Crippen LogP contribution in [0.2, 0.25) is 0 Å². The second-order valence-electron chi connectivity index (χ2n) is 6.41. The summed E-state index contributed by atoms with van der Waals surface area (Å²) in [5.41, 5.74) is 2.75. The van der Waals surface area contributed by atoms with Crippen molar-refractivity contribution in [3.8, 4) is 28.5 Å². The predicted molar refractivity (Wildman–Crippen MR) is 111 cm³/mol. The van der Waals surface area contributed by atoms with Gasteiger partial charge >= 0.3 is 0 Å². The lowest BCUT2D eigenvalue weighted by molar-refractivity contribution is 0.0946. The maximum atomic E-state index is 12.5. The molecule has 0 fully saturated rings. The number of hydrogen-bond acceptors (Lipinski definition) is 5. The van der Waals surface area contributed by atoms with Crippen LogP contribution < -0.4 is 19.5 Å². The third kappa shape index (κ3) is 5.07. The number of amides is 1. The Bertz CT molecular complexity index is 951. The van der Waals surface area contributed by atoms with E-state index in [0.29, 0.717) is 36.0 Å². The molecule has 1 amide bonds. The first-order valence-electron chi connectivity index (χ1n) is 9.42. The molecule has 3 aromatic rings. The van der Waals surface area contributed by atoms with E-state index in [2.05, 4.69) is 22.4 Å². The van der Waals surface area contributed by atoms with Gasteiger partial charge in [-0.05, 0) is 42.3 Å². The number of nitrogens with one attached hydrogen (secondary N) is 2. The molecule has 1 heterocycles. The molecule has 2 aromatic carbocycles. The first-order chi connectivity index (χ1) is 14.1. The summed E-state index contributed by atoms with van der Waals surface area (Å²) in [4.78, 5) is 12.5. The van der Waals surface area contributed by atoms with Gasteiger partial charge in [0.1, 0.15) is 22.9 Å². The van der Waals surface area contributed by atoms with Crippen LogP contribution in [0.4, 0.5) is 0 Å². The summed E-state index contributed by atoms with van der Waals surface area (Å²) in [5.74, 6) is 1.90. The lowest BCUT2D eigenvalue weighted by atomic mass is 10.1. The highest BCUT2D eigenvalue weighted by Crippen LogP contribution is 2.32. The van der Waals surface area contributed by atoms with E-state index < -0.39 is 0 Å². The maximum Gasteiger partial charge on any atom is 0.269 e. The number of benzene rings is 2. The fourth-order valence-corrected chi connectivity index (χ4v) is 2.79. The highest BCUT2D eigenvalue weighted by molar-refractivity contribution is 5.93. The van der Waals surface area contributed by atoms with E-state index in [4.69, 9.17) is 14.2 Å². The van der Waals surface area contributed by atoms with Crippen molar-refractivity contribution in [1.82, 2.24) is 15.5 Å². The van der Waals surface area contributed by atoms with Crippen LogP contribution in [0.25, 0.3) is 11.3 Å². The summed E-state index contributed by atoms with van der Waals surface area (Å²) >= 11 is 0. The monoisotopic (exact) mass is 395 g/mol. The molecule has 152 valence electrons. The third-order valence-corrected chi connectivity index (χ3v) is 4.36. The number of carbonyl (C=O) groups excluding carboxylic acids is 1. The van der Waals surface area contributed by atoms with Crippen LogP contribution in [0.15, 0.2) is 48.5 Å². The second-order valence-corrected chi connectivity index (χ2v) is 6.41. The average molecular weight is 395 g/mol. The fraction of sp³-hybridized carbons (Fsp3) is 0.273. The van der Waals surface area contributed by atoms with Crippen molar-refractivity contribution >= 4 is 5.91 Å². The smallest absolute Gasteiger partial charge is 0.269 e. The van der Waals surface area contributed by atoms with Crippen molar-refractivity contribution in [1.29, 1.82) is 0 Å². The topological polar surface area (TPSA) is 85.5 Å². The Labute approximate surface area is 170 Å². The number of rotatable bonds is 9. The molecule has 0 bridgehead atoms. The number of carbonyl (C=O) groups is 1. The average Bonchev–Trinajstić information content (AvgIpc) is 3.26. The number of aromatic nitrogens is 2. The highest BCUT2D eigenvalue weighted by Gasteiger charge is 2.14. The first-order valence-corrected chi connectivity index (χ1v) is 9.42. The van der Waals surface area contributed by atoms with Gasteiger partial charge in [0.2, 0.25) is 0 Å². The van der Waals surface area contributed by atoms with Crippen molar-refractivity contribution in [2.45, 2.75) is 19.9 Å². The Balaban J connectivity index is 1.64. The summed E-state index contributed by atoms with van der Waals surface area (Å²) in [7, 11) is 3.17. The minimum absolute atomic E-state index is 0.234. The lowest BCUT2D eigenvalue weighted by Gasteiger charge is -2.08. The van der Waals surface area contributed by atoms with Crippen molar-refractivity contribution in [3.63, 3.8) is 0 Å². The third-order valence-electron chi connectivity index (χ3n) is 4.36. The van der Waals surface area contributed by atoms with Crippen LogP contribution in [-0.2, 0) is 6.54 Å². The van der Waals surface area contributed by atoms with Crippen LogP contribution >= 0.6 is 0 Å². The van der Waals surface area contributed by atoms with Gasteiger partial charge in [-0.1, -0.05) is 19.1 Å². The largest absolute Gasteiger partial charge is 0.497 e. The number of H-pyrrole nitrogens is 1. The first kappa shape index (κ1) is 20.3. The fourth-order valence-electron chi connectivity index (χ4n) is 2.79. The van der Waals surface area contributed by atoms with Gasteiger partial charge in [0.25, 0.3) is 5.91 Å². The molecule has 0 atom stereocenters. The molecule has 0 radical (unpaired) electrons. The number of hydrogen-bond donors (Lipinski definition) is 2. The molecular weight excluding hydrogens is 370 g/mol. The number of methoxy groups -OCH3 is 2. The van der Waals surface area contributed by atoms with Gasteiger partial charge in [-0.3, -0.25) is 9.89 Å². The lowest BCUT2D eigenvalue weighted by Crippen LogP contribution is -2.23. The van der Waals surface area contributed by atoms with Crippen LogP contribution in [0, 0.1) is 0 Å². The summed E-state index contributed by atoms with van der Waals surface area (Å²) in [6, 6.07) is 14.8. The molecule has 0 saturated heterocycles. The number of nitrogens with zero attached hydrogens (tertiary/aromatic N) is 1. The molecule has 0 aliphatic heterocycles. The van der Waals surface area contributed by atoms with Crippen molar-refractivity contribution in [3.05, 3.63) is 59.8 Å². The molecule has 0 unspecified atom stereocenters. The normalized spacial score (nSPS) is 10.4. The Morgan fingerprint density at radius 2 is 1.79 bits per heavy atom. The standard InChI is InChI=1S/C22H25N3O4/c1-4-11-29-16-7-5-15(6-8-16)14-23-22(26)20-13-19(24-25-20)18-10-9-17(27-2)12-21(18)28-3/h5-10,12-13H,4,11,14H2,1-3H3,(H,23,26)(H,24,25). The SMILES string of the molecule is CCCOc1ccc(CNC(=O)c2cc(-c3ccc(OC)cc3OC)n[nH]2)cc1. The highest BCUT2D eigenvalue weighted by atomic mass is 16.5. The van der Waals surface area contributed by atoms with E-state index in [9.17, 15) is 4.79 Å². The number of aromatic amines is 1. The molecule has 0 aliphatic rings. The van der Waals surface area contributed by atoms with E-state index in [1.165, 1.54) is 0 Å². The molecule has 7 nitrogen and oxygen atoms in total. The minimum atomic E-state index is -0.234. The summed E-state index contributed by atoms with van der Waals surface area (Å²) in [6.45, 7) is 3.17. The van der Waals surface area contributed by atoms with Crippen molar-refractivity contribution in [2.24, 2.45) is 0 Å². The Morgan fingerprint density at radius 3 is 2.48 bits per heavy atom. The summed E-state index contributed by atoms with van der Waals surface area (Å²) in [6.07, 6.45) is 0.965. The van der Waals surface area contributed by atoms with Crippen molar-refractivity contribution < 1.29 is 19.0 Å². The zero-order valence-corrected chi connectivity index (χ0v) is 16.8. The molecule has 0 saturated carbocycles. The van der Waals surface area contributed by atoms with Crippen LogP contribution in [0.5, 0.6) is 17.2 Å². The molecule has 2 N–H and O–H groups in total. The molecule has 3 rings (SSSR count). The summed E-state index contributed by atoms with van der Waals surface area (Å²) < 4.78 is 16.2. The molecule has 1 aromatic heterocycles. The van der Waals surface area contributed by atoms with E-state index in [0.717, 1.165) is 23.3 Å². The number of ether oxygens (including phenoxy) is 3. The molecular formula is C22H25N3O4. The summed E-state index contributed by atoms with van der Waals surface area (Å²) in [5, 5.41) is 9.91. The zero-order chi connectivity index (χ0) is 20.6. The second kappa shape index (κ2) is 9.64. The quantitative estimate of drug-likeness (QED) is 0.575. The van der Waals surface area contributed by atoms with Gasteiger partial charge in [0.05, 0.1) is 26.5 Å². The van der Waals surface area contributed by atoms with Crippen LogP contribution in [0.3, 0.4) is 0 Å². The van der Waals surface area contributed by atoms with Gasteiger partial charge in [0.15, 0.2) is 0 Å². The minimum Gasteiger partial charge on any atom is -0.497 e. The van der Waals surface area contributed by atoms with Gasteiger partial charge in [-0.25, -0.2) is 0 Å². The maximum absolute atomic E-state index is 12.5. The van der Waals surface area contributed by atoms with E-state index in [1.54, 1.807) is 26.4 Å². The molecule has 0 aliphatic carbocycles. The Kier molecular flexibility index (Phi) is 6.73. The zero-order valence-electron chi connectivity index (χ0n) is 16.8. The Hall–Kier alpha value is -3.48. The van der Waals surface area contributed by atoms with Crippen LogP contribution in [-0.4, -0.2) is 36.9 Å². The van der Waals surface area contributed by atoms with Gasteiger partial charge in [-0.15, -0.1) is 0 Å². The van der Waals surface area contributed by atoms with E-state index in [1.807, 2.05) is 36.4 Å². The predicted octanol–water partition coefficient (Wildman–Crippen LogP) is 3.81. The Morgan fingerprint density at radius 1 is 1.03 bits per heavy atom. The van der Waals surface area contributed by atoms with E-state index in [-0.39, 0.29) is 5.91 Å². The molecule has 7 heteroatoms. The van der Waals surface area contributed by atoms with Gasteiger partial charge in [-0.2, -0.15) is 5.10 Å². The van der Waals surface area contributed by atoms with Gasteiger partial charge in [0, 0.05) is 18.2 Å². The van der Waals surface area contributed by atoms with Gasteiger partial charge < -0.3 is 19.5 Å². The van der Waals surface area contributed by atoms with Crippen molar-refractivity contribution in [2.75, 3.05) is 20.8 Å². The van der Waals surface area contributed by atoms with Crippen LogP contribution in [0.1, 0.15) is 29.4 Å². The molecule has 29 heavy (non-hydrogen) atoms. The van der Waals surface area contributed by atoms with E-state index >= 15 is 0 Å². The molecule has 0 spiro atoms.